The number of halogens is 2. The molecule has 0 bridgehead atoms. The van der Waals surface area contributed by atoms with Crippen LogP contribution in [0.25, 0.3) is 0 Å². The number of furan rings is 1. The fourth-order valence-corrected chi connectivity index (χ4v) is 3.82. The predicted octanol–water partition coefficient (Wildman–Crippen LogP) is 4.97. The average Bonchev–Trinajstić information content (AvgIpc) is 3.33. The second kappa shape index (κ2) is 7.09. The van der Waals surface area contributed by atoms with Gasteiger partial charge in [-0.15, -0.1) is 0 Å². The van der Waals surface area contributed by atoms with Gasteiger partial charge in [0, 0.05) is 16.1 Å². The first-order chi connectivity index (χ1) is 13.8. The molecule has 0 fully saturated rings. The number of aliphatic hydroxyl groups is 1. The number of ketones is 1. The minimum atomic E-state index is -1.03. The maximum Gasteiger partial charge on any atom is 0.295 e. The van der Waals surface area contributed by atoms with Crippen LogP contribution in [0.15, 0.2) is 56.7 Å². The highest BCUT2D eigenvalue weighted by molar-refractivity contribution is 6.34. The zero-order valence-corrected chi connectivity index (χ0v) is 16.8. The minimum Gasteiger partial charge on any atom is -0.503 e. The molecular formula is C20H14Cl2N2O5. The molecule has 9 heteroatoms. The average molecular weight is 433 g/mol. The number of hydrogen-bond acceptors (Lipinski definition) is 6. The van der Waals surface area contributed by atoms with Crippen molar-refractivity contribution in [2.24, 2.45) is 0 Å². The van der Waals surface area contributed by atoms with Gasteiger partial charge < -0.3 is 14.0 Å². The number of anilines is 1. The summed E-state index contributed by atoms with van der Waals surface area (Å²) < 4.78 is 10.5. The van der Waals surface area contributed by atoms with Gasteiger partial charge in [-0.05, 0) is 49.7 Å². The molecule has 0 saturated carbocycles. The molecule has 3 heterocycles. The Hall–Kier alpha value is -3.03. The molecule has 1 atom stereocenters. The molecule has 7 nitrogen and oxygen atoms in total. The number of hydrogen-bond donors (Lipinski definition) is 1. The van der Waals surface area contributed by atoms with E-state index in [4.69, 9.17) is 32.1 Å². The molecule has 0 saturated heterocycles. The second-order valence-corrected chi connectivity index (χ2v) is 7.45. The van der Waals surface area contributed by atoms with Gasteiger partial charge in [0.2, 0.25) is 5.78 Å². The quantitative estimate of drug-likeness (QED) is 0.584. The number of rotatable bonds is 4. The number of carbonyl (C=O) groups excluding carboxylic acids is 2. The van der Waals surface area contributed by atoms with E-state index in [-0.39, 0.29) is 17.2 Å². The maximum atomic E-state index is 13.2. The molecule has 1 aliphatic rings. The zero-order chi connectivity index (χ0) is 20.9. The lowest BCUT2D eigenvalue weighted by Gasteiger charge is -2.24. The largest absolute Gasteiger partial charge is 0.503 e. The summed E-state index contributed by atoms with van der Waals surface area (Å²) in [5.41, 5.74) is 0.260. The number of aliphatic hydroxyl groups excluding tert-OH is 1. The van der Waals surface area contributed by atoms with E-state index in [1.165, 1.54) is 18.2 Å². The van der Waals surface area contributed by atoms with Crippen LogP contribution in [-0.4, -0.2) is 22.0 Å². The van der Waals surface area contributed by atoms with E-state index >= 15 is 0 Å². The normalized spacial score (nSPS) is 16.8. The van der Waals surface area contributed by atoms with Crippen molar-refractivity contribution in [1.82, 2.24) is 5.16 Å². The monoisotopic (exact) mass is 432 g/mol. The highest BCUT2D eigenvalue weighted by atomic mass is 35.5. The summed E-state index contributed by atoms with van der Waals surface area (Å²) in [6.07, 6.45) is 0. The van der Waals surface area contributed by atoms with Crippen LogP contribution in [0.5, 0.6) is 0 Å². The van der Waals surface area contributed by atoms with Crippen LogP contribution in [0.2, 0.25) is 10.0 Å². The van der Waals surface area contributed by atoms with E-state index in [0.29, 0.717) is 27.1 Å². The van der Waals surface area contributed by atoms with E-state index in [1.807, 2.05) is 0 Å². The number of aromatic nitrogens is 1. The van der Waals surface area contributed by atoms with E-state index in [2.05, 4.69) is 5.16 Å². The fraction of sp³-hybridized carbons (Fsp3) is 0.150. The molecule has 1 aliphatic heterocycles. The first kappa shape index (κ1) is 19.3. The van der Waals surface area contributed by atoms with Gasteiger partial charge in [0.25, 0.3) is 5.91 Å². The topological polar surface area (TPSA) is 96.8 Å². The van der Waals surface area contributed by atoms with Gasteiger partial charge in [-0.25, -0.2) is 0 Å². The minimum absolute atomic E-state index is 0.00633. The van der Waals surface area contributed by atoms with Gasteiger partial charge in [-0.3, -0.25) is 14.5 Å². The van der Waals surface area contributed by atoms with E-state index in [9.17, 15) is 14.7 Å². The summed E-state index contributed by atoms with van der Waals surface area (Å²) in [6.45, 7) is 3.34. The second-order valence-electron chi connectivity index (χ2n) is 6.58. The Morgan fingerprint density at radius 2 is 1.79 bits per heavy atom. The maximum absolute atomic E-state index is 13.2. The van der Waals surface area contributed by atoms with Crippen molar-refractivity contribution in [1.29, 1.82) is 0 Å². The summed E-state index contributed by atoms with van der Waals surface area (Å²) >= 11 is 12.3. The molecule has 2 aromatic heterocycles. The number of aryl methyl sites for hydroxylation is 2. The number of Topliss-reactive ketones (excluding diaryl/α,β-unsaturated/α-hetero) is 1. The lowest BCUT2D eigenvalue weighted by molar-refractivity contribution is -0.117. The van der Waals surface area contributed by atoms with Crippen LogP contribution in [0.1, 0.15) is 33.7 Å². The lowest BCUT2D eigenvalue weighted by atomic mass is 9.95. The van der Waals surface area contributed by atoms with Crippen molar-refractivity contribution in [2.45, 2.75) is 19.9 Å². The third kappa shape index (κ3) is 3.32. The third-order valence-electron chi connectivity index (χ3n) is 4.48. The number of amides is 1. The van der Waals surface area contributed by atoms with Gasteiger partial charge in [0.05, 0.1) is 11.6 Å². The summed E-state index contributed by atoms with van der Waals surface area (Å²) in [5, 5.41) is 15.1. The predicted molar refractivity (Wildman–Crippen MR) is 105 cm³/mol. The molecular weight excluding hydrogens is 419 g/mol. The number of benzene rings is 1. The first-order valence-corrected chi connectivity index (χ1v) is 9.29. The molecule has 1 aromatic carbocycles. The van der Waals surface area contributed by atoms with Gasteiger partial charge in [-0.1, -0.05) is 28.4 Å². The molecule has 0 spiro atoms. The van der Waals surface area contributed by atoms with E-state index in [1.54, 1.807) is 32.0 Å². The van der Waals surface area contributed by atoms with Crippen molar-refractivity contribution >= 4 is 40.7 Å². The third-order valence-corrected chi connectivity index (χ3v) is 4.92. The molecule has 0 radical (unpaired) electrons. The van der Waals surface area contributed by atoms with E-state index < -0.39 is 23.5 Å². The molecule has 3 aromatic rings. The highest BCUT2D eigenvalue weighted by Gasteiger charge is 2.46. The smallest absolute Gasteiger partial charge is 0.295 e. The molecule has 148 valence electrons. The van der Waals surface area contributed by atoms with Crippen molar-refractivity contribution in [3.8, 4) is 0 Å². The fourth-order valence-electron chi connectivity index (χ4n) is 3.28. The van der Waals surface area contributed by atoms with Gasteiger partial charge >= 0.3 is 0 Å². The summed E-state index contributed by atoms with van der Waals surface area (Å²) in [5.74, 6) is -1.03. The van der Waals surface area contributed by atoms with Crippen LogP contribution in [0, 0.1) is 13.8 Å². The van der Waals surface area contributed by atoms with Crippen molar-refractivity contribution in [3.05, 3.63) is 80.6 Å². The van der Waals surface area contributed by atoms with Crippen molar-refractivity contribution < 1.29 is 23.6 Å². The van der Waals surface area contributed by atoms with Gasteiger partial charge in [0.15, 0.2) is 17.3 Å². The SMILES string of the molecule is Cc1cc(N2C(=O)C(O)=C(C(=O)c3ccc(C)o3)C2c2cc(Cl)cc(Cl)c2)no1. The zero-order valence-electron chi connectivity index (χ0n) is 15.3. The summed E-state index contributed by atoms with van der Waals surface area (Å²) in [4.78, 5) is 27.2. The summed E-state index contributed by atoms with van der Waals surface area (Å²) in [7, 11) is 0. The lowest BCUT2D eigenvalue weighted by Crippen LogP contribution is -2.31. The Labute approximate surface area is 175 Å². The Bertz CT molecular complexity index is 1160. The molecule has 1 unspecified atom stereocenters. The molecule has 4 rings (SSSR count). The Morgan fingerprint density at radius 1 is 1.10 bits per heavy atom. The van der Waals surface area contributed by atoms with Crippen LogP contribution in [0.3, 0.4) is 0 Å². The Kier molecular flexibility index (Phi) is 4.72. The Balaban J connectivity index is 1.91. The van der Waals surface area contributed by atoms with Crippen LogP contribution in [-0.2, 0) is 4.79 Å². The number of nitrogens with zero attached hydrogens (tertiary/aromatic N) is 2. The van der Waals surface area contributed by atoms with Crippen molar-refractivity contribution in [3.63, 3.8) is 0 Å². The first-order valence-electron chi connectivity index (χ1n) is 8.53. The van der Waals surface area contributed by atoms with Gasteiger partial charge in [0.1, 0.15) is 11.5 Å². The van der Waals surface area contributed by atoms with Crippen LogP contribution in [0.4, 0.5) is 5.82 Å². The molecule has 1 N–H and O–H groups in total. The standard InChI is InChI=1S/C20H14Cl2N2O5/c1-9-3-4-14(28-9)18(25)16-17(11-6-12(21)8-13(22)7-11)24(20(27)19(16)26)15-5-10(2)29-23-15/h3-8,17,26H,1-2H3. The van der Waals surface area contributed by atoms with E-state index in [0.717, 1.165) is 4.90 Å². The molecule has 29 heavy (non-hydrogen) atoms. The molecule has 0 aliphatic carbocycles. The van der Waals surface area contributed by atoms with Crippen LogP contribution < -0.4 is 4.90 Å². The van der Waals surface area contributed by atoms with Crippen molar-refractivity contribution in [2.75, 3.05) is 4.90 Å². The summed E-state index contributed by atoms with van der Waals surface area (Å²) in [6, 6.07) is 8.24. The molecule has 1 amide bonds. The van der Waals surface area contributed by atoms with Gasteiger partial charge in [-0.2, -0.15) is 0 Å². The Morgan fingerprint density at radius 3 is 2.34 bits per heavy atom. The van der Waals surface area contributed by atoms with Crippen LogP contribution >= 0.6 is 23.2 Å². The highest BCUT2D eigenvalue weighted by Crippen LogP contribution is 2.43. The number of carbonyl (C=O) groups is 2.